The summed E-state index contributed by atoms with van der Waals surface area (Å²) >= 11 is 0. The summed E-state index contributed by atoms with van der Waals surface area (Å²) in [5, 5.41) is 0. The van der Waals surface area contributed by atoms with Crippen molar-refractivity contribution in [1.82, 2.24) is 0 Å². The van der Waals surface area contributed by atoms with Gasteiger partial charge in [0.1, 0.15) is 0 Å². The van der Waals surface area contributed by atoms with E-state index < -0.39 is 0 Å². The summed E-state index contributed by atoms with van der Waals surface area (Å²) < 4.78 is 0. The maximum absolute atomic E-state index is 0. The molecular formula is CdGeO2Sn. The quantitative estimate of drug-likeness (QED) is 0.510. The largest absolute Gasteiger partial charge is 4.00 e. The maximum Gasteiger partial charge on any atom is 4.00 e. The van der Waals surface area contributed by atoms with Gasteiger partial charge in [-0.1, -0.05) is 0 Å². The van der Waals surface area contributed by atoms with E-state index >= 15 is 0 Å². The molecule has 0 rings (SSSR count). The number of hydrogen-bond acceptors (Lipinski definition) is 0. The third-order valence-electron chi connectivity index (χ3n) is 0. The molecule has 0 aliphatic heterocycles. The molecule has 0 saturated carbocycles. The Morgan fingerprint density at radius 1 is 0.800 bits per heavy atom. The van der Waals surface area contributed by atoms with E-state index in [2.05, 4.69) is 0 Å². The van der Waals surface area contributed by atoms with E-state index in [4.69, 9.17) is 0 Å². The number of rotatable bonds is 0. The Balaban J connectivity index is 0. The van der Waals surface area contributed by atoms with Crippen molar-refractivity contribution in [3.63, 3.8) is 0 Å². The van der Waals surface area contributed by atoms with Gasteiger partial charge in [0.25, 0.3) is 0 Å². The minimum absolute atomic E-state index is 0. The first-order valence-corrected chi connectivity index (χ1v) is 0. The Morgan fingerprint density at radius 3 is 0.800 bits per heavy atom. The molecule has 0 aromatic carbocycles. The summed E-state index contributed by atoms with van der Waals surface area (Å²) in [5.41, 5.74) is 0. The van der Waals surface area contributed by atoms with E-state index in [0.29, 0.717) is 0 Å². The van der Waals surface area contributed by atoms with E-state index in [0.717, 1.165) is 0 Å². The van der Waals surface area contributed by atoms with E-state index in [9.17, 15) is 0 Å². The molecule has 0 aromatic rings. The Bertz CT molecular complexity index is 9.61. The van der Waals surface area contributed by atoms with Gasteiger partial charge in [0, 0.05) is 44.9 Å². The Hall–Kier alpha value is 2.18. The molecule has 0 aliphatic rings. The average molecular weight is 336 g/mol. The van der Waals surface area contributed by atoms with Crippen LogP contribution in [-0.2, 0) is 38.3 Å². The van der Waals surface area contributed by atoms with Crippen molar-refractivity contribution < 1.29 is 38.3 Å². The summed E-state index contributed by atoms with van der Waals surface area (Å²) in [6.45, 7) is 0. The van der Waals surface area contributed by atoms with Gasteiger partial charge in [-0.25, -0.2) is 0 Å². The molecule has 0 spiro atoms. The standard InChI is InChI=1S/Cd.Ge.2O.Sn/q;;2*-2;+4. The number of hydrogen-bond donors (Lipinski definition) is 0. The average Bonchev–Trinajstić information content (AvgIpc) is 0. The molecular weight excluding hydrogens is 336 g/mol. The van der Waals surface area contributed by atoms with Crippen molar-refractivity contribution >= 4 is 41.5 Å². The zero-order chi connectivity index (χ0) is 0. The summed E-state index contributed by atoms with van der Waals surface area (Å²) in [4.78, 5) is 0. The second-order valence-corrected chi connectivity index (χ2v) is 0. The second-order valence-electron chi connectivity index (χ2n) is 0. The maximum atomic E-state index is 0. The summed E-state index contributed by atoms with van der Waals surface area (Å²) in [6.07, 6.45) is 0. The molecule has 5 heteroatoms. The molecule has 0 aliphatic carbocycles. The van der Waals surface area contributed by atoms with Crippen LogP contribution >= 0.6 is 0 Å². The molecule has 0 heterocycles. The zero-order valence-electron chi connectivity index (χ0n) is 2.52. The fourth-order valence-electron chi connectivity index (χ4n) is 0. The molecule has 22 valence electrons. The van der Waals surface area contributed by atoms with Gasteiger partial charge >= 0.3 is 23.9 Å². The van der Waals surface area contributed by atoms with Gasteiger partial charge in [-0.3, -0.25) is 0 Å². The van der Waals surface area contributed by atoms with E-state index in [1.165, 1.54) is 0 Å². The summed E-state index contributed by atoms with van der Waals surface area (Å²) in [6, 6.07) is 0. The molecule has 0 bridgehead atoms. The van der Waals surface area contributed by atoms with Crippen LogP contribution in [0.3, 0.4) is 0 Å². The fourth-order valence-corrected chi connectivity index (χ4v) is 0. The fraction of sp³-hybridized carbons (Fsp3) is 0. The molecule has 4 radical (unpaired) electrons. The van der Waals surface area contributed by atoms with Crippen LogP contribution in [0.4, 0.5) is 0 Å². The van der Waals surface area contributed by atoms with Crippen LogP contribution in [0.2, 0.25) is 0 Å². The van der Waals surface area contributed by atoms with Gasteiger partial charge in [-0.15, -0.1) is 0 Å². The first-order chi connectivity index (χ1) is 0. The molecule has 0 fully saturated rings. The summed E-state index contributed by atoms with van der Waals surface area (Å²) in [5.74, 6) is 0. The molecule has 2 nitrogen and oxygen atoms in total. The molecule has 0 unspecified atom stereocenters. The normalized spacial score (nSPS) is 0. The predicted molar refractivity (Wildman–Crippen MR) is 12.9 cm³/mol. The van der Waals surface area contributed by atoms with Gasteiger partial charge in [0.2, 0.25) is 0 Å². The van der Waals surface area contributed by atoms with Crippen molar-refractivity contribution in [3.8, 4) is 0 Å². The topological polar surface area (TPSA) is 57.0 Å². The summed E-state index contributed by atoms with van der Waals surface area (Å²) in [7, 11) is 0. The monoisotopic (exact) mass is 340 g/mol. The van der Waals surface area contributed by atoms with Crippen molar-refractivity contribution in [2.45, 2.75) is 0 Å². The zero-order valence-corrected chi connectivity index (χ0v) is 11.5. The molecule has 5 heavy (non-hydrogen) atoms. The van der Waals surface area contributed by atoms with Crippen LogP contribution in [-0.4, -0.2) is 41.5 Å². The predicted octanol–water partition coefficient (Wildman–Crippen LogP) is -1.00. The van der Waals surface area contributed by atoms with Crippen LogP contribution < -0.4 is 0 Å². The molecule has 0 saturated heterocycles. The minimum atomic E-state index is 0. The van der Waals surface area contributed by atoms with Crippen LogP contribution in [0, 0.1) is 0 Å². The molecule has 0 N–H and O–H groups in total. The third-order valence-corrected chi connectivity index (χ3v) is 0. The van der Waals surface area contributed by atoms with Gasteiger partial charge in [-0.2, -0.15) is 0 Å². The molecule has 0 atom stereocenters. The second kappa shape index (κ2) is 34.8. The minimum Gasteiger partial charge on any atom is -2.00 e. The first-order valence-electron chi connectivity index (χ1n) is 0. The van der Waals surface area contributed by atoms with Crippen LogP contribution in [0.5, 0.6) is 0 Å². The van der Waals surface area contributed by atoms with Gasteiger partial charge in [0.05, 0.1) is 0 Å². The molecule has 0 amide bonds. The SMILES string of the molecule is [Cd].[Ge].[O-2].[O-2].[Sn+4]. The first kappa shape index (κ1) is 57.6. The van der Waals surface area contributed by atoms with Crippen LogP contribution in [0.1, 0.15) is 0 Å². The van der Waals surface area contributed by atoms with Crippen molar-refractivity contribution in [1.29, 1.82) is 0 Å². The van der Waals surface area contributed by atoms with Crippen molar-refractivity contribution in [2.75, 3.05) is 0 Å². The van der Waals surface area contributed by atoms with Gasteiger partial charge in [0.15, 0.2) is 0 Å². The smallest absolute Gasteiger partial charge is 2.00 e. The van der Waals surface area contributed by atoms with Gasteiger partial charge < -0.3 is 11.0 Å². The van der Waals surface area contributed by atoms with E-state index in [-0.39, 0.29) is 79.8 Å². The van der Waals surface area contributed by atoms with Gasteiger partial charge in [-0.05, 0) is 0 Å². The van der Waals surface area contributed by atoms with E-state index in [1.807, 2.05) is 0 Å². The van der Waals surface area contributed by atoms with Crippen LogP contribution in [0.15, 0.2) is 0 Å². The Morgan fingerprint density at radius 2 is 0.800 bits per heavy atom. The van der Waals surface area contributed by atoms with Crippen LogP contribution in [0.25, 0.3) is 0 Å². The Kier molecular flexibility index (Phi) is 401. The molecule has 0 aromatic heterocycles. The van der Waals surface area contributed by atoms with Crippen molar-refractivity contribution in [3.05, 3.63) is 0 Å². The Labute approximate surface area is 78.8 Å². The van der Waals surface area contributed by atoms with E-state index in [1.54, 1.807) is 0 Å². The van der Waals surface area contributed by atoms with Crippen molar-refractivity contribution in [2.24, 2.45) is 0 Å². The third kappa shape index (κ3) is 22.7.